The van der Waals surface area contributed by atoms with Gasteiger partial charge in [0.25, 0.3) is 5.91 Å². The standard InChI is InChI=1S/C14H14N2O4S/c1-2-20-13(18)6-12-16-10(7-21-12)8-3-4-11(17)9(5-8)14(15)19/h3-5,7,17H,2,6H2,1H3,(H2,15,19). The molecule has 0 fully saturated rings. The fourth-order valence-corrected chi connectivity index (χ4v) is 2.54. The summed E-state index contributed by atoms with van der Waals surface area (Å²) in [6, 6.07) is 4.49. The minimum atomic E-state index is -0.712. The minimum Gasteiger partial charge on any atom is -0.507 e. The van der Waals surface area contributed by atoms with Crippen LogP contribution in [0.15, 0.2) is 23.6 Å². The van der Waals surface area contributed by atoms with E-state index < -0.39 is 5.91 Å². The van der Waals surface area contributed by atoms with Crippen LogP contribution in [0.25, 0.3) is 11.3 Å². The van der Waals surface area contributed by atoms with Crippen molar-refractivity contribution in [2.75, 3.05) is 6.61 Å². The average molecular weight is 306 g/mol. The van der Waals surface area contributed by atoms with Gasteiger partial charge in [-0.3, -0.25) is 9.59 Å². The predicted octanol–water partition coefficient (Wildman–Crippen LogP) is 1.72. The normalized spacial score (nSPS) is 10.3. The maximum Gasteiger partial charge on any atom is 0.312 e. The fourth-order valence-electron chi connectivity index (χ4n) is 1.75. The summed E-state index contributed by atoms with van der Waals surface area (Å²) in [7, 11) is 0. The summed E-state index contributed by atoms with van der Waals surface area (Å²) >= 11 is 1.33. The van der Waals surface area contributed by atoms with Crippen LogP contribution in [0.5, 0.6) is 5.75 Å². The van der Waals surface area contributed by atoms with Crippen LogP contribution in [0.2, 0.25) is 0 Å². The van der Waals surface area contributed by atoms with Crippen molar-refractivity contribution in [3.63, 3.8) is 0 Å². The number of benzene rings is 1. The number of thiazole rings is 1. The molecule has 0 aliphatic heterocycles. The van der Waals surface area contributed by atoms with E-state index in [1.807, 2.05) is 0 Å². The van der Waals surface area contributed by atoms with E-state index in [4.69, 9.17) is 10.5 Å². The summed E-state index contributed by atoms with van der Waals surface area (Å²) in [5.41, 5.74) is 6.48. The van der Waals surface area contributed by atoms with Crippen LogP contribution in [0.4, 0.5) is 0 Å². The number of hydrogen-bond donors (Lipinski definition) is 2. The highest BCUT2D eigenvalue weighted by atomic mass is 32.1. The Morgan fingerprint density at radius 1 is 1.43 bits per heavy atom. The zero-order valence-corrected chi connectivity index (χ0v) is 12.1. The summed E-state index contributed by atoms with van der Waals surface area (Å²) in [6.07, 6.45) is 0.110. The molecule has 0 saturated carbocycles. The lowest BCUT2D eigenvalue weighted by molar-refractivity contribution is -0.142. The van der Waals surface area contributed by atoms with E-state index in [1.165, 1.54) is 23.5 Å². The van der Waals surface area contributed by atoms with Gasteiger partial charge < -0.3 is 15.6 Å². The summed E-state index contributed by atoms with van der Waals surface area (Å²) in [4.78, 5) is 26.9. The number of hydrogen-bond acceptors (Lipinski definition) is 6. The van der Waals surface area contributed by atoms with Gasteiger partial charge in [0, 0.05) is 10.9 Å². The molecule has 0 aliphatic carbocycles. The lowest BCUT2D eigenvalue weighted by atomic mass is 10.1. The van der Waals surface area contributed by atoms with Crippen LogP contribution in [-0.2, 0) is 16.0 Å². The number of amides is 1. The Hall–Kier alpha value is -2.41. The van der Waals surface area contributed by atoms with Gasteiger partial charge >= 0.3 is 5.97 Å². The van der Waals surface area contributed by atoms with Gasteiger partial charge in [-0.2, -0.15) is 0 Å². The molecule has 0 spiro atoms. The topological polar surface area (TPSA) is 103 Å². The molecule has 1 aromatic carbocycles. The number of aromatic hydroxyl groups is 1. The Bertz CT molecular complexity index is 681. The number of rotatable bonds is 5. The summed E-state index contributed by atoms with van der Waals surface area (Å²) in [5.74, 6) is -1.22. The zero-order chi connectivity index (χ0) is 15.4. The minimum absolute atomic E-state index is 0.0347. The monoisotopic (exact) mass is 306 g/mol. The number of phenols is 1. The number of ether oxygens (including phenoxy) is 1. The van der Waals surface area contributed by atoms with Crippen LogP contribution >= 0.6 is 11.3 Å². The van der Waals surface area contributed by atoms with E-state index in [0.29, 0.717) is 22.9 Å². The van der Waals surface area contributed by atoms with E-state index >= 15 is 0 Å². The maximum atomic E-state index is 11.4. The molecule has 7 heteroatoms. The van der Waals surface area contributed by atoms with Gasteiger partial charge in [-0.05, 0) is 25.1 Å². The van der Waals surface area contributed by atoms with Crippen LogP contribution in [0.1, 0.15) is 22.3 Å². The SMILES string of the molecule is CCOC(=O)Cc1nc(-c2ccc(O)c(C(N)=O)c2)cs1. The Morgan fingerprint density at radius 3 is 2.86 bits per heavy atom. The van der Waals surface area contributed by atoms with Gasteiger partial charge in [-0.25, -0.2) is 4.98 Å². The molecule has 1 heterocycles. The molecule has 110 valence electrons. The van der Waals surface area contributed by atoms with Crippen LogP contribution in [0.3, 0.4) is 0 Å². The third-order valence-electron chi connectivity index (χ3n) is 2.71. The van der Waals surface area contributed by atoms with E-state index in [-0.39, 0.29) is 23.7 Å². The number of carbonyl (C=O) groups excluding carboxylic acids is 2. The van der Waals surface area contributed by atoms with E-state index in [2.05, 4.69) is 4.98 Å². The van der Waals surface area contributed by atoms with Gasteiger partial charge in [-0.15, -0.1) is 11.3 Å². The summed E-state index contributed by atoms with van der Waals surface area (Å²) in [6.45, 7) is 2.07. The average Bonchev–Trinajstić information content (AvgIpc) is 2.87. The Kier molecular flexibility index (Phi) is 4.54. The van der Waals surface area contributed by atoms with Crippen molar-refractivity contribution in [3.8, 4) is 17.0 Å². The van der Waals surface area contributed by atoms with Crippen LogP contribution in [-0.4, -0.2) is 28.6 Å². The second-order valence-electron chi connectivity index (χ2n) is 4.20. The third kappa shape index (κ3) is 3.57. The molecule has 2 aromatic rings. The molecule has 1 aromatic heterocycles. The van der Waals surface area contributed by atoms with Gasteiger partial charge in [0.15, 0.2) is 0 Å². The maximum absolute atomic E-state index is 11.4. The first-order valence-electron chi connectivity index (χ1n) is 6.24. The molecule has 2 rings (SSSR count). The molecule has 1 amide bonds. The fraction of sp³-hybridized carbons (Fsp3) is 0.214. The first-order valence-corrected chi connectivity index (χ1v) is 7.12. The Morgan fingerprint density at radius 2 is 2.19 bits per heavy atom. The molecule has 3 N–H and O–H groups in total. The Balaban J connectivity index is 2.23. The molecule has 0 aliphatic rings. The molecule has 21 heavy (non-hydrogen) atoms. The highest BCUT2D eigenvalue weighted by Crippen LogP contribution is 2.27. The van der Waals surface area contributed by atoms with Crippen molar-refractivity contribution in [2.24, 2.45) is 5.73 Å². The van der Waals surface area contributed by atoms with Crippen molar-refractivity contribution in [3.05, 3.63) is 34.2 Å². The second kappa shape index (κ2) is 6.36. The first kappa shape index (κ1) is 15.0. The molecular formula is C14H14N2O4S. The van der Waals surface area contributed by atoms with E-state index in [1.54, 1.807) is 18.4 Å². The van der Waals surface area contributed by atoms with Gasteiger partial charge in [0.05, 0.1) is 24.3 Å². The highest BCUT2D eigenvalue weighted by molar-refractivity contribution is 7.10. The summed E-state index contributed by atoms with van der Waals surface area (Å²) < 4.78 is 4.86. The molecule has 0 bridgehead atoms. The van der Waals surface area contributed by atoms with Crippen LogP contribution < -0.4 is 5.73 Å². The van der Waals surface area contributed by atoms with Gasteiger partial charge in [0.1, 0.15) is 10.8 Å². The van der Waals surface area contributed by atoms with E-state index in [0.717, 1.165) is 0 Å². The molecule has 0 saturated heterocycles. The smallest absolute Gasteiger partial charge is 0.312 e. The van der Waals surface area contributed by atoms with E-state index in [9.17, 15) is 14.7 Å². The number of nitrogens with zero attached hydrogens (tertiary/aromatic N) is 1. The van der Waals surface area contributed by atoms with Crippen molar-refractivity contribution >= 4 is 23.2 Å². The quantitative estimate of drug-likeness (QED) is 0.819. The van der Waals surface area contributed by atoms with Crippen molar-refractivity contribution in [2.45, 2.75) is 13.3 Å². The van der Waals surface area contributed by atoms with Crippen LogP contribution in [0, 0.1) is 0 Å². The summed E-state index contributed by atoms with van der Waals surface area (Å²) in [5, 5.41) is 11.9. The van der Waals surface area contributed by atoms with Gasteiger partial charge in [0.2, 0.25) is 0 Å². The zero-order valence-electron chi connectivity index (χ0n) is 11.3. The lowest BCUT2D eigenvalue weighted by Gasteiger charge is -2.03. The lowest BCUT2D eigenvalue weighted by Crippen LogP contribution is -2.11. The number of carbonyl (C=O) groups is 2. The predicted molar refractivity (Wildman–Crippen MR) is 78.1 cm³/mol. The van der Waals surface area contributed by atoms with Crippen molar-refractivity contribution in [1.29, 1.82) is 0 Å². The largest absolute Gasteiger partial charge is 0.507 e. The van der Waals surface area contributed by atoms with Crippen molar-refractivity contribution in [1.82, 2.24) is 4.98 Å². The third-order valence-corrected chi connectivity index (χ3v) is 3.56. The number of primary amides is 1. The number of nitrogens with two attached hydrogens (primary N) is 1. The van der Waals surface area contributed by atoms with Crippen molar-refractivity contribution < 1.29 is 19.4 Å². The highest BCUT2D eigenvalue weighted by Gasteiger charge is 2.13. The first-order chi connectivity index (χ1) is 10.0. The molecule has 0 unspecified atom stereocenters. The number of esters is 1. The molecular weight excluding hydrogens is 292 g/mol. The Labute approximate surface area is 125 Å². The number of aromatic nitrogens is 1. The molecule has 0 radical (unpaired) electrons. The second-order valence-corrected chi connectivity index (χ2v) is 5.15. The molecule has 6 nitrogen and oxygen atoms in total. The van der Waals surface area contributed by atoms with Gasteiger partial charge in [-0.1, -0.05) is 0 Å². The molecule has 0 atom stereocenters.